The number of nitrogens with one attached hydrogen (secondary N) is 1. The van der Waals surface area contributed by atoms with Crippen LogP contribution in [0.4, 0.5) is 0 Å². The van der Waals surface area contributed by atoms with Crippen molar-refractivity contribution in [3.8, 4) is 0 Å². The number of Topliss-reactive ketones (excluding diaryl/α,β-unsaturated/α-hetero) is 1. The van der Waals surface area contributed by atoms with Crippen LogP contribution in [0.1, 0.15) is 41.2 Å². The summed E-state index contributed by atoms with van der Waals surface area (Å²) in [5.41, 5.74) is 1.35. The van der Waals surface area contributed by atoms with E-state index in [-0.39, 0.29) is 31.0 Å². The first-order valence-electron chi connectivity index (χ1n) is 8.29. The van der Waals surface area contributed by atoms with Crippen LogP contribution in [0.25, 0.3) is 0 Å². The number of rotatable bonds is 8. The van der Waals surface area contributed by atoms with Crippen molar-refractivity contribution in [3.63, 3.8) is 0 Å². The number of benzene rings is 2. The summed E-state index contributed by atoms with van der Waals surface area (Å²) in [6, 6.07) is 13.8. The Bertz CT molecular complexity index is 804. The first kappa shape index (κ1) is 21.3. The number of methoxy groups -OCH3 is 1. The van der Waals surface area contributed by atoms with Crippen molar-refractivity contribution in [3.05, 3.63) is 68.6 Å². The van der Waals surface area contributed by atoms with Gasteiger partial charge in [-0.3, -0.25) is 14.4 Å². The van der Waals surface area contributed by atoms with Gasteiger partial charge >= 0.3 is 5.97 Å². The minimum Gasteiger partial charge on any atom is -0.469 e. The number of ether oxygens (including phenoxy) is 1. The second kappa shape index (κ2) is 10.4. The molecule has 0 heterocycles. The second-order valence-electron chi connectivity index (χ2n) is 5.88. The molecule has 0 saturated carbocycles. The van der Waals surface area contributed by atoms with Gasteiger partial charge in [-0.05, 0) is 29.8 Å². The van der Waals surface area contributed by atoms with Crippen LogP contribution in [-0.2, 0) is 14.3 Å². The van der Waals surface area contributed by atoms with E-state index in [9.17, 15) is 14.4 Å². The number of ketones is 1. The predicted octanol–water partition coefficient (Wildman–Crippen LogP) is 4.60. The van der Waals surface area contributed by atoms with E-state index in [1.165, 1.54) is 7.11 Å². The van der Waals surface area contributed by atoms with E-state index < -0.39 is 12.0 Å². The fraction of sp³-hybridized carbons (Fsp3) is 0.250. The third-order valence-corrected chi connectivity index (χ3v) is 5.01. The van der Waals surface area contributed by atoms with Gasteiger partial charge < -0.3 is 10.1 Å². The molecule has 0 aliphatic heterocycles. The van der Waals surface area contributed by atoms with E-state index in [2.05, 4.69) is 37.2 Å². The fourth-order valence-corrected chi connectivity index (χ4v) is 3.00. The highest BCUT2D eigenvalue weighted by Gasteiger charge is 2.19. The average Bonchev–Trinajstić information content (AvgIpc) is 2.66. The standard InChI is InChI=1S/C20H19Br2NO4/c1-27-20(26)12-17(13-2-6-15(21)7-3-13)23-19(25)11-10-18(24)14-4-8-16(22)9-5-14/h2-9,17H,10-12H2,1H3,(H,23,25). The summed E-state index contributed by atoms with van der Waals surface area (Å²) in [6.45, 7) is 0. The van der Waals surface area contributed by atoms with Gasteiger partial charge in [-0.1, -0.05) is 56.1 Å². The van der Waals surface area contributed by atoms with Gasteiger partial charge in [0.15, 0.2) is 5.78 Å². The first-order valence-corrected chi connectivity index (χ1v) is 9.88. The van der Waals surface area contributed by atoms with Crippen LogP contribution in [0, 0.1) is 0 Å². The number of amides is 1. The molecule has 1 N–H and O–H groups in total. The van der Waals surface area contributed by atoms with Crippen molar-refractivity contribution < 1.29 is 19.1 Å². The van der Waals surface area contributed by atoms with Gasteiger partial charge in [0.25, 0.3) is 0 Å². The molecule has 0 bridgehead atoms. The van der Waals surface area contributed by atoms with E-state index in [0.717, 1.165) is 14.5 Å². The largest absolute Gasteiger partial charge is 0.469 e. The topological polar surface area (TPSA) is 72.5 Å². The third-order valence-electron chi connectivity index (χ3n) is 3.95. The molecule has 1 amide bonds. The lowest BCUT2D eigenvalue weighted by molar-refractivity contribution is -0.141. The molecule has 0 spiro atoms. The molecule has 0 saturated heterocycles. The number of carbonyl (C=O) groups excluding carboxylic acids is 3. The molecule has 142 valence electrons. The van der Waals surface area contributed by atoms with Crippen LogP contribution >= 0.6 is 31.9 Å². The number of hydrogen-bond donors (Lipinski definition) is 1. The summed E-state index contributed by atoms with van der Waals surface area (Å²) in [5.74, 6) is -0.822. The molecule has 5 nitrogen and oxygen atoms in total. The first-order chi connectivity index (χ1) is 12.9. The molecule has 1 unspecified atom stereocenters. The van der Waals surface area contributed by atoms with Gasteiger partial charge in [0, 0.05) is 27.4 Å². The lowest BCUT2D eigenvalue weighted by Gasteiger charge is -2.18. The SMILES string of the molecule is COC(=O)CC(NC(=O)CCC(=O)c1ccc(Br)cc1)c1ccc(Br)cc1. The molecule has 2 aromatic carbocycles. The molecule has 2 rings (SSSR count). The summed E-state index contributed by atoms with van der Waals surface area (Å²) in [6.07, 6.45) is 0.159. The smallest absolute Gasteiger partial charge is 0.307 e. The summed E-state index contributed by atoms with van der Waals surface area (Å²) in [7, 11) is 1.31. The minimum absolute atomic E-state index is 0.0184. The van der Waals surface area contributed by atoms with Gasteiger partial charge in [-0.2, -0.15) is 0 Å². The van der Waals surface area contributed by atoms with Gasteiger partial charge in [-0.15, -0.1) is 0 Å². The monoisotopic (exact) mass is 495 g/mol. The van der Waals surface area contributed by atoms with Crippen molar-refractivity contribution in [1.82, 2.24) is 5.32 Å². The Hall–Kier alpha value is -1.99. The van der Waals surface area contributed by atoms with Gasteiger partial charge in [-0.25, -0.2) is 0 Å². The molecule has 0 fully saturated rings. The second-order valence-corrected chi connectivity index (χ2v) is 7.71. The molecular formula is C20H19Br2NO4. The molecule has 0 radical (unpaired) electrons. The molecule has 27 heavy (non-hydrogen) atoms. The van der Waals surface area contributed by atoms with Crippen molar-refractivity contribution in [1.29, 1.82) is 0 Å². The highest BCUT2D eigenvalue weighted by atomic mass is 79.9. The quantitative estimate of drug-likeness (QED) is 0.428. The fourth-order valence-electron chi connectivity index (χ4n) is 2.47. The molecular weight excluding hydrogens is 478 g/mol. The zero-order valence-electron chi connectivity index (χ0n) is 14.7. The van der Waals surface area contributed by atoms with Gasteiger partial charge in [0.2, 0.25) is 5.91 Å². The van der Waals surface area contributed by atoms with Gasteiger partial charge in [0.1, 0.15) is 0 Å². The number of carbonyl (C=O) groups is 3. The van der Waals surface area contributed by atoms with Crippen LogP contribution in [0.2, 0.25) is 0 Å². The van der Waals surface area contributed by atoms with Crippen LogP contribution in [0.15, 0.2) is 57.5 Å². The summed E-state index contributed by atoms with van der Waals surface area (Å²) >= 11 is 6.68. The molecule has 1 atom stereocenters. The van der Waals surface area contributed by atoms with Crippen LogP contribution in [0.5, 0.6) is 0 Å². The maximum absolute atomic E-state index is 12.3. The van der Waals surface area contributed by atoms with Crippen molar-refractivity contribution in [2.75, 3.05) is 7.11 Å². The zero-order chi connectivity index (χ0) is 19.8. The summed E-state index contributed by atoms with van der Waals surface area (Å²) in [4.78, 5) is 36.2. The van der Waals surface area contributed by atoms with Crippen molar-refractivity contribution in [2.45, 2.75) is 25.3 Å². The van der Waals surface area contributed by atoms with Crippen LogP contribution in [0.3, 0.4) is 0 Å². The Morgan fingerprint density at radius 1 is 0.926 bits per heavy atom. The van der Waals surface area contributed by atoms with Crippen molar-refractivity contribution >= 4 is 49.5 Å². The van der Waals surface area contributed by atoms with E-state index in [1.54, 1.807) is 24.3 Å². The molecule has 7 heteroatoms. The molecule has 0 aromatic heterocycles. The van der Waals surface area contributed by atoms with Crippen molar-refractivity contribution in [2.24, 2.45) is 0 Å². The average molecular weight is 497 g/mol. The van der Waals surface area contributed by atoms with E-state index in [1.807, 2.05) is 24.3 Å². The van der Waals surface area contributed by atoms with Gasteiger partial charge in [0.05, 0.1) is 19.6 Å². The lowest BCUT2D eigenvalue weighted by Crippen LogP contribution is -2.30. The Kier molecular flexibility index (Phi) is 8.19. The zero-order valence-corrected chi connectivity index (χ0v) is 17.9. The Balaban J connectivity index is 1.98. The summed E-state index contributed by atoms with van der Waals surface area (Å²) < 4.78 is 6.50. The Morgan fingerprint density at radius 2 is 1.48 bits per heavy atom. The molecule has 0 aliphatic carbocycles. The molecule has 2 aromatic rings. The van der Waals surface area contributed by atoms with E-state index in [0.29, 0.717) is 5.56 Å². The van der Waals surface area contributed by atoms with E-state index in [4.69, 9.17) is 4.74 Å². The molecule has 0 aliphatic rings. The number of esters is 1. The maximum atomic E-state index is 12.3. The lowest BCUT2D eigenvalue weighted by atomic mass is 10.0. The predicted molar refractivity (Wildman–Crippen MR) is 109 cm³/mol. The maximum Gasteiger partial charge on any atom is 0.307 e. The Morgan fingerprint density at radius 3 is 2.04 bits per heavy atom. The third kappa shape index (κ3) is 6.92. The van der Waals surface area contributed by atoms with E-state index >= 15 is 0 Å². The number of halogens is 2. The van der Waals surface area contributed by atoms with Crippen LogP contribution in [-0.4, -0.2) is 24.8 Å². The highest BCUT2D eigenvalue weighted by molar-refractivity contribution is 9.10. The number of hydrogen-bond acceptors (Lipinski definition) is 4. The normalized spacial score (nSPS) is 11.5. The highest BCUT2D eigenvalue weighted by Crippen LogP contribution is 2.21. The summed E-state index contributed by atoms with van der Waals surface area (Å²) in [5, 5.41) is 2.82. The minimum atomic E-state index is -0.513. The Labute approximate surface area is 174 Å². The van der Waals surface area contributed by atoms with Crippen LogP contribution < -0.4 is 5.32 Å².